The summed E-state index contributed by atoms with van der Waals surface area (Å²) in [5.41, 5.74) is -0.549. The van der Waals surface area contributed by atoms with Crippen LogP contribution in [-0.4, -0.2) is 16.5 Å². The third-order valence-electron chi connectivity index (χ3n) is 0.608. The summed E-state index contributed by atoms with van der Waals surface area (Å²) in [7, 11) is -1.35. The summed E-state index contributed by atoms with van der Waals surface area (Å²) < 4.78 is 25.4. The predicted molar refractivity (Wildman–Crippen MR) is 25.6 cm³/mol. The van der Waals surface area contributed by atoms with E-state index < -0.39 is 16.7 Å². The van der Waals surface area contributed by atoms with E-state index in [1.807, 2.05) is 0 Å². The highest BCUT2D eigenvalue weighted by Gasteiger charge is 2.04. The van der Waals surface area contributed by atoms with Crippen molar-refractivity contribution in [3.05, 3.63) is 0 Å². The van der Waals surface area contributed by atoms with Gasteiger partial charge < -0.3 is 0 Å². The van der Waals surface area contributed by atoms with Crippen molar-refractivity contribution in [1.29, 1.82) is 0 Å². The van der Waals surface area contributed by atoms with E-state index in [1.165, 1.54) is 0 Å². The first-order chi connectivity index (χ1) is 3.72. The minimum absolute atomic E-state index is 0.473. The number of rotatable bonds is 0. The molecule has 3 heteroatoms. The molecule has 0 unspecified atom stereocenters. The van der Waals surface area contributed by atoms with Gasteiger partial charge in [-0.05, 0) is 6.42 Å². The Labute approximate surface area is 42.4 Å². The SMILES string of the molecule is [2H][C@@H]1CCN([2H])[S@]1=O. The van der Waals surface area contributed by atoms with Gasteiger partial charge in [0, 0.05) is 13.6 Å². The highest BCUT2D eigenvalue weighted by Crippen LogP contribution is 1.89. The maximum atomic E-state index is 10.6. The molecule has 0 aliphatic carbocycles. The van der Waals surface area contributed by atoms with Gasteiger partial charge in [0.1, 0.15) is 1.41 Å². The van der Waals surface area contributed by atoms with Gasteiger partial charge in [-0.15, -0.1) is 0 Å². The molecular formula is C3H7NOS. The molecule has 1 aliphatic rings. The van der Waals surface area contributed by atoms with E-state index >= 15 is 0 Å². The Morgan fingerprint density at radius 1 is 2.17 bits per heavy atom. The van der Waals surface area contributed by atoms with Crippen molar-refractivity contribution in [3.63, 3.8) is 0 Å². The van der Waals surface area contributed by atoms with Crippen LogP contribution in [0.4, 0.5) is 0 Å². The molecule has 1 heterocycles. The first-order valence-electron chi connectivity index (χ1n) is 2.83. The minimum atomic E-state index is -1.35. The fourth-order valence-corrected chi connectivity index (χ4v) is 1.05. The second-order valence-electron chi connectivity index (χ2n) is 1.08. The summed E-state index contributed by atoms with van der Waals surface area (Å²) in [4.78, 5) is 0. The molecule has 0 radical (unpaired) electrons. The standard InChI is InChI=1S/C3H7NOS/c5-6-3-1-2-4-6/h4H,1-3H2/t6-/m0/s1/i3D/hD/t3-,6+/m1. The molecule has 0 spiro atoms. The first kappa shape index (κ1) is 2.43. The molecule has 1 saturated heterocycles. The summed E-state index contributed by atoms with van der Waals surface area (Å²) >= 11 is 0. The monoisotopic (exact) mass is 107 g/mol. The van der Waals surface area contributed by atoms with Crippen LogP contribution in [0.15, 0.2) is 0 Å². The Balaban J connectivity index is 2.57. The maximum Gasteiger partial charge on any atom is 0.138 e. The molecule has 0 amide bonds. The van der Waals surface area contributed by atoms with E-state index in [0.717, 1.165) is 4.72 Å². The van der Waals surface area contributed by atoms with Crippen LogP contribution >= 0.6 is 0 Å². The number of hydrogen-bond acceptors (Lipinski definition) is 1. The van der Waals surface area contributed by atoms with Crippen molar-refractivity contribution in [3.8, 4) is 0 Å². The van der Waals surface area contributed by atoms with E-state index in [4.69, 9.17) is 2.78 Å². The van der Waals surface area contributed by atoms with Crippen molar-refractivity contribution in [2.24, 2.45) is 0 Å². The van der Waals surface area contributed by atoms with E-state index in [-0.39, 0.29) is 0 Å². The molecular weight excluding hydrogens is 98.1 g/mol. The van der Waals surface area contributed by atoms with Crippen LogP contribution in [0.5, 0.6) is 0 Å². The number of nitrogens with one attached hydrogen (secondary N) is 1. The highest BCUT2D eigenvalue weighted by molar-refractivity contribution is 7.83. The molecule has 1 aliphatic heterocycles. The summed E-state index contributed by atoms with van der Waals surface area (Å²) in [5.74, 6) is 0. The fraction of sp³-hybridized carbons (Fsp3) is 1.00. The molecule has 2 nitrogen and oxygen atoms in total. The van der Waals surface area contributed by atoms with Gasteiger partial charge in [0.25, 0.3) is 0 Å². The molecule has 6 heavy (non-hydrogen) atoms. The van der Waals surface area contributed by atoms with Crippen LogP contribution in [0.25, 0.3) is 0 Å². The molecule has 1 N–H and O–H groups in total. The van der Waals surface area contributed by atoms with Crippen LogP contribution in [0.2, 0.25) is 1.41 Å². The van der Waals surface area contributed by atoms with Gasteiger partial charge in [0.2, 0.25) is 0 Å². The van der Waals surface area contributed by atoms with Gasteiger partial charge in [-0.1, -0.05) is 0 Å². The van der Waals surface area contributed by atoms with E-state index in [1.54, 1.807) is 0 Å². The van der Waals surface area contributed by atoms with Crippen LogP contribution in [0, 0.1) is 0 Å². The molecule has 0 aromatic carbocycles. The largest absolute Gasteiger partial charge is 0.243 e. The molecule has 0 bridgehead atoms. The van der Waals surface area contributed by atoms with E-state index in [9.17, 15) is 4.21 Å². The molecule has 2 atom stereocenters. The summed E-state index contributed by atoms with van der Waals surface area (Å²) in [6.45, 7) is 0.473. The summed E-state index contributed by atoms with van der Waals surface area (Å²) in [5, 5.41) is 0. The van der Waals surface area contributed by atoms with Crippen molar-refractivity contribution in [2.75, 3.05) is 12.3 Å². The van der Waals surface area contributed by atoms with Crippen LogP contribution in [0.1, 0.15) is 7.79 Å². The van der Waals surface area contributed by atoms with E-state index in [2.05, 4.69) is 0 Å². The van der Waals surface area contributed by atoms with Gasteiger partial charge in [0.15, 0.2) is 0 Å². The van der Waals surface area contributed by atoms with Crippen LogP contribution in [-0.2, 0) is 11.0 Å². The number of hydrogen-bond donors (Lipinski definition) is 1. The third kappa shape index (κ3) is 0.786. The molecule has 0 saturated carbocycles. The van der Waals surface area contributed by atoms with Gasteiger partial charge in [-0.3, -0.25) is 0 Å². The van der Waals surface area contributed by atoms with E-state index in [0.29, 0.717) is 13.0 Å². The Bertz CT molecular complexity index is 108. The van der Waals surface area contributed by atoms with Crippen molar-refractivity contribution in [2.45, 2.75) is 6.42 Å². The average molecular weight is 107 g/mol. The zero-order valence-electron chi connectivity index (χ0n) is 5.26. The molecule has 36 valence electrons. The zero-order chi connectivity index (χ0) is 6.15. The topological polar surface area (TPSA) is 29.1 Å². The molecule has 1 rings (SSSR count). The Hall–Kier alpha value is 0.110. The van der Waals surface area contributed by atoms with Crippen molar-refractivity contribution >= 4 is 11.0 Å². The van der Waals surface area contributed by atoms with Gasteiger partial charge in [-0.2, -0.15) is 0 Å². The smallest absolute Gasteiger partial charge is 0.138 e. The maximum absolute atomic E-state index is 10.6. The third-order valence-corrected chi connectivity index (χ3v) is 1.57. The normalized spacial score (nSPS) is 54.7. The average Bonchev–Trinajstić information content (AvgIpc) is 1.98. The molecule has 0 aromatic heterocycles. The molecule has 1 fully saturated rings. The van der Waals surface area contributed by atoms with Gasteiger partial charge >= 0.3 is 0 Å². The lowest BCUT2D eigenvalue weighted by Crippen LogP contribution is -2.07. The molecule has 0 aromatic rings. The van der Waals surface area contributed by atoms with Gasteiger partial charge in [0.05, 0.1) is 11.0 Å². The van der Waals surface area contributed by atoms with Crippen LogP contribution < -0.4 is 4.72 Å². The zero-order valence-corrected chi connectivity index (χ0v) is 4.07. The Morgan fingerprint density at radius 2 is 3.00 bits per heavy atom. The lowest BCUT2D eigenvalue weighted by Gasteiger charge is -1.79. The van der Waals surface area contributed by atoms with Crippen LogP contribution in [0.3, 0.4) is 0 Å². The second-order valence-corrected chi connectivity index (χ2v) is 2.23. The Morgan fingerprint density at radius 3 is 3.17 bits per heavy atom. The summed E-state index contributed by atoms with van der Waals surface area (Å²) in [6.07, 6.45) is 0.566. The quantitative estimate of drug-likeness (QED) is 0.450. The fourth-order valence-electron chi connectivity index (χ4n) is 0.349. The Kier molecular flexibility index (Phi) is 0.690. The van der Waals surface area contributed by atoms with Crippen molar-refractivity contribution < 1.29 is 6.99 Å². The lowest BCUT2D eigenvalue weighted by atomic mass is 10.5. The lowest BCUT2D eigenvalue weighted by molar-refractivity contribution is 0.682. The first-order valence-corrected chi connectivity index (χ1v) is 2.98. The summed E-state index contributed by atoms with van der Waals surface area (Å²) in [6, 6.07) is 0. The highest BCUT2D eigenvalue weighted by atomic mass is 32.2. The predicted octanol–water partition coefficient (Wildman–Crippen LogP) is -0.357. The van der Waals surface area contributed by atoms with Crippen molar-refractivity contribution in [1.82, 2.24) is 4.72 Å². The second kappa shape index (κ2) is 1.71. The van der Waals surface area contributed by atoms with Gasteiger partial charge in [-0.25, -0.2) is 8.92 Å². The minimum Gasteiger partial charge on any atom is -0.243 e.